The average Bonchev–Trinajstić information content (AvgIpc) is 3.15. The molecule has 7 nitrogen and oxygen atoms in total. The summed E-state index contributed by atoms with van der Waals surface area (Å²) in [6.45, 7) is 5.97. The van der Waals surface area contributed by atoms with Gasteiger partial charge in [0.05, 0.1) is 6.33 Å². The van der Waals surface area contributed by atoms with Crippen molar-refractivity contribution in [3.8, 4) is 0 Å². The van der Waals surface area contributed by atoms with Crippen LogP contribution in [0.2, 0.25) is 0 Å². The third-order valence-corrected chi connectivity index (χ3v) is 4.88. The van der Waals surface area contributed by atoms with Gasteiger partial charge in [-0.15, -0.1) is 0 Å². The third kappa shape index (κ3) is 6.09. The maximum Gasteiger partial charge on any atom is 0.254 e. The summed E-state index contributed by atoms with van der Waals surface area (Å²) in [5.41, 5.74) is -0.232. The Morgan fingerprint density at radius 1 is 1.10 bits per heavy atom. The lowest BCUT2D eigenvalue weighted by Gasteiger charge is -2.19. The zero-order valence-electron chi connectivity index (χ0n) is 17.4. The van der Waals surface area contributed by atoms with Crippen LogP contribution in [0.15, 0.2) is 30.7 Å². The number of carbonyl (C=O) groups excluding carboxylic acids is 2. The standard InChI is InChI=1S/C21H28F2N4O3/c1-4-7-17(20(29)26-18-11-27(12-24-18)16(5-2)6-3)25-21(30)19(28)13-8-14(22)10-15(23)9-13/h8-12,16-17,19,28H,4-7H2,1-3H3,(H,25,30)(H,26,29). The van der Waals surface area contributed by atoms with Crippen molar-refractivity contribution in [2.24, 2.45) is 0 Å². The molecule has 0 aliphatic heterocycles. The lowest BCUT2D eigenvalue weighted by Crippen LogP contribution is -2.45. The molecule has 1 aromatic heterocycles. The number of anilines is 1. The zero-order chi connectivity index (χ0) is 22.3. The van der Waals surface area contributed by atoms with Crippen LogP contribution < -0.4 is 10.6 Å². The summed E-state index contributed by atoms with van der Waals surface area (Å²) >= 11 is 0. The van der Waals surface area contributed by atoms with Gasteiger partial charge in [0.25, 0.3) is 5.91 Å². The van der Waals surface area contributed by atoms with E-state index in [1.54, 1.807) is 12.5 Å². The number of aromatic nitrogens is 2. The summed E-state index contributed by atoms with van der Waals surface area (Å²) in [7, 11) is 0. The van der Waals surface area contributed by atoms with Gasteiger partial charge in [0.15, 0.2) is 11.9 Å². The molecule has 0 fully saturated rings. The number of hydrogen-bond donors (Lipinski definition) is 3. The van der Waals surface area contributed by atoms with Gasteiger partial charge in [0, 0.05) is 18.3 Å². The van der Waals surface area contributed by atoms with E-state index in [1.807, 2.05) is 11.5 Å². The molecule has 2 unspecified atom stereocenters. The molecule has 0 saturated heterocycles. The molecule has 0 saturated carbocycles. The number of benzene rings is 1. The number of nitrogens with one attached hydrogen (secondary N) is 2. The van der Waals surface area contributed by atoms with Gasteiger partial charge in [0.2, 0.25) is 5.91 Å². The predicted molar refractivity (Wildman–Crippen MR) is 109 cm³/mol. The predicted octanol–water partition coefficient (Wildman–Crippen LogP) is 3.48. The van der Waals surface area contributed by atoms with Gasteiger partial charge in [-0.25, -0.2) is 13.8 Å². The second-order valence-corrected chi connectivity index (χ2v) is 7.12. The molecular formula is C21H28F2N4O3. The molecule has 0 spiro atoms. The number of imidazole rings is 1. The van der Waals surface area contributed by atoms with Crippen LogP contribution in [0.4, 0.5) is 14.6 Å². The van der Waals surface area contributed by atoms with Gasteiger partial charge in [-0.1, -0.05) is 27.2 Å². The monoisotopic (exact) mass is 422 g/mol. The number of amides is 2. The van der Waals surface area contributed by atoms with E-state index in [-0.39, 0.29) is 11.6 Å². The molecule has 9 heteroatoms. The van der Waals surface area contributed by atoms with Crippen LogP contribution >= 0.6 is 0 Å². The summed E-state index contributed by atoms with van der Waals surface area (Å²) < 4.78 is 28.6. The molecule has 1 aromatic carbocycles. The van der Waals surface area contributed by atoms with Crippen molar-refractivity contribution >= 4 is 17.6 Å². The maximum atomic E-state index is 13.4. The lowest BCUT2D eigenvalue weighted by atomic mass is 10.1. The highest BCUT2D eigenvalue weighted by atomic mass is 19.1. The van der Waals surface area contributed by atoms with Crippen molar-refractivity contribution in [3.05, 3.63) is 47.9 Å². The Morgan fingerprint density at radius 3 is 2.30 bits per heavy atom. The SMILES string of the molecule is CCCC(NC(=O)C(O)c1cc(F)cc(F)c1)C(=O)Nc1cn(C(CC)CC)cn1. The van der Waals surface area contributed by atoms with E-state index in [2.05, 4.69) is 29.5 Å². The van der Waals surface area contributed by atoms with E-state index in [9.17, 15) is 23.5 Å². The minimum Gasteiger partial charge on any atom is -0.378 e. The Morgan fingerprint density at radius 2 is 1.73 bits per heavy atom. The van der Waals surface area contributed by atoms with Crippen molar-refractivity contribution in [2.75, 3.05) is 5.32 Å². The fourth-order valence-corrected chi connectivity index (χ4v) is 3.22. The normalized spacial score (nSPS) is 13.2. The van der Waals surface area contributed by atoms with Crippen LogP contribution in [0.5, 0.6) is 0 Å². The number of aliphatic hydroxyl groups is 1. The van der Waals surface area contributed by atoms with E-state index in [0.29, 0.717) is 24.7 Å². The Bertz CT molecular complexity index is 847. The van der Waals surface area contributed by atoms with Crippen LogP contribution in [0.1, 0.15) is 64.2 Å². The first-order valence-electron chi connectivity index (χ1n) is 10.1. The molecule has 0 bridgehead atoms. The largest absolute Gasteiger partial charge is 0.378 e. The van der Waals surface area contributed by atoms with E-state index >= 15 is 0 Å². The number of aliphatic hydroxyl groups excluding tert-OH is 1. The molecule has 1 heterocycles. The number of halogens is 2. The summed E-state index contributed by atoms with van der Waals surface area (Å²) in [6, 6.07) is 1.71. The molecule has 164 valence electrons. The summed E-state index contributed by atoms with van der Waals surface area (Å²) in [6.07, 6.45) is 4.31. The Labute approximate surface area is 174 Å². The van der Waals surface area contributed by atoms with E-state index < -0.39 is 35.6 Å². The molecule has 0 aliphatic carbocycles. The van der Waals surface area contributed by atoms with Crippen LogP contribution in [0.3, 0.4) is 0 Å². The number of rotatable bonds is 10. The van der Waals surface area contributed by atoms with Crippen molar-refractivity contribution in [2.45, 2.75) is 64.6 Å². The second kappa shape index (κ2) is 10.8. The molecule has 2 rings (SSSR count). The molecule has 2 atom stereocenters. The topological polar surface area (TPSA) is 96.3 Å². The third-order valence-electron chi connectivity index (χ3n) is 4.88. The second-order valence-electron chi connectivity index (χ2n) is 7.12. The maximum absolute atomic E-state index is 13.4. The molecular weight excluding hydrogens is 394 g/mol. The first-order chi connectivity index (χ1) is 14.3. The van der Waals surface area contributed by atoms with Crippen molar-refractivity contribution in [1.82, 2.24) is 14.9 Å². The minimum absolute atomic E-state index is 0.232. The summed E-state index contributed by atoms with van der Waals surface area (Å²) in [5.74, 6) is -2.87. The van der Waals surface area contributed by atoms with Gasteiger partial charge in [-0.3, -0.25) is 9.59 Å². The quantitative estimate of drug-likeness (QED) is 0.546. The van der Waals surface area contributed by atoms with Crippen LogP contribution in [0, 0.1) is 11.6 Å². The number of carbonyl (C=O) groups is 2. The van der Waals surface area contributed by atoms with Crippen molar-refractivity contribution in [3.63, 3.8) is 0 Å². The highest BCUT2D eigenvalue weighted by molar-refractivity contribution is 5.97. The molecule has 2 amide bonds. The summed E-state index contributed by atoms with van der Waals surface area (Å²) in [4.78, 5) is 29.2. The molecule has 3 N–H and O–H groups in total. The average molecular weight is 422 g/mol. The van der Waals surface area contributed by atoms with E-state index in [0.717, 1.165) is 25.0 Å². The van der Waals surface area contributed by atoms with Gasteiger partial charge < -0.3 is 20.3 Å². The molecule has 0 aliphatic rings. The fourth-order valence-electron chi connectivity index (χ4n) is 3.22. The number of hydrogen-bond acceptors (Lipinski definition) is 4. The van der Waals surface area contributed by atoms with Crippen LogP contribution in [-0.4, -0.2) is 32.5 Å². The zero-order valence-corrected chi connectivity index (χ0v) is 17.4. The smallest absolute Gasteiger partial charge is 0.254 e. The lowest BCUT2D eigenvalue weighted by molar-refractivity contribution is -0.133. The molecule has 2 aromatic rings. The first kappa shape index (κ1) is 23.5. The van der Waals surface area contributed by atoms with Gasteiger partial charge in [-0.05, 0) is 37.0 Å². The van der Waals surface area contributed by atoms with Gasteiger partial charge >= 0.3 is 0 Å². The Hall–Kier alpha value is -2.81. The minimum atomic E-state index is -1.81. The van der Waals surface area contributed by atoms with E-state index in [1.165, 1.54) is 0 Å². The van der Waals surface area contributed by atoms with Gasteiger partial charge in [-0.2, -0.15) is 0 Å². The highest BCUT2D eigenvalue weighted by Gasteiger charge is 2.26. The van der Waals surface area contributed by atoms with E-state index in [4.69, 9.17) is 0 Å². The first-order valence-corrected chi connectivity index (χ1v) is 10.1. The molecule has 30 heavy (non-hydrogen) atoms. The highest BCUT2D eigenvalue weighted by Crippen LogP contribution is 2.19. The number of nitrogens with zero attached hydrogens (tertiary/aromatic N) is 2. The van der Waals surface area contributed by atoms with Gasteiger partial charge in [0.1, 0.15) is 17.7 Å². The summed E-state index contributed by atoms with van der Waals surface area (Å²) in [5, 5.41) is 15.3. The fraction of sp³-hybridized carbons (Fsp3) is 0.476. The van der Waals surface area contributed by atoms with Crippen LogP contribution in [0.25, 0.3) is 0 Å². The van der Waals surface area contributed by atoms with Crippen LogP contribution in [-0.2, 0) is 9.59 Å². The molecule has 0 radical (unpaired) electrons. The Balaban J connectivity index is 2.07. The Kier molecular flexibility index (Phi) is 8.46. The van der Waals surface area contributed by atoms with Crippen molar-refractivity contribution < 1.29 is 23.5 Å². The van der Waals surface area contributed by atoms with Crippen molar-refractivity contribution in [1.29, 1.82) is 0 Å².